The average Bonchev–Trinajstić information content (AvgIpc) is 3.10. The Morgan fingerprint density at radius 3 is 3.11 bits per heavy atom. The fraction of sp³-hybridized carbons (Fsp3) is 0.615. The molecule has 0 N–H and O–H groups in total. The summed E-state index contributed by atoms with van der Waals surface area (Å²) in [6.45, 7) is 6.78. The molecule has 6 heteroatoms. The van der Waals surface area contributed by atoms with Gasteiger partial charge >= 0.3 is 0 Å². The summed E-state index contributed by atoms with van der Waals surface area (Å²) in [5.74, 6) is 1.90. The van der Waals surface area contributed by atoms with Crippen LogP contribution in [0.2, 0.25) is 0 Å². The molecule has 0 saturated carbocycles. The number of nitrogens with zero attached hydrogens (tertiary/aromatic N) is 5. The molecule has 2 aromatic heterocycles. The number of aryl methyl sites for hydroxylation is 2. The minimum Gasteiger partial charge on any atom is -0.361 e. The van der Waals surface area contributed by atoms with Gasteiger partial charge < -0.3 is 4.52 Å². The van der Waals surface area contributed by atoms with Gasteiger partial charge in [0, 0.05) is 12.6 Å². The summed E-state index contributed by atoms with van der Waals surface area (Å²) < 4.78 is 7.14. The van der Waals surface area contributed by atoms with E-state index >= 15 is 0 Å². The molecule has 19 heavy (non-hydrogen) atoms. The first-order valence-electron chi connectivity index (χ1n) is 6.82. The van der Waals surface area contributed by atoms with Gasteiger partial charge in [0.2, 0.25) is 0 Å². The van der Waals surface area contributed by atoms with E-state index in [2.05, 4.69) is 27.1 Å². The average molecular weight is 261 g/mol. The normalized spacial score (nSPS) is 20.2. The Morgan fingerprint density at radius 2 is 2.37 bits per heavy atom. The van der Waals surface area contributed by atoms with Gasteiger partial charge in [0.05, 0.1) is 12.6 Å². The summed E-state index contributed by atoms with van der Waals surface area (Å²) in [5, 5.41) is 8.38. The SMILES string of the molecule is CCn1ncnc1CN1CCC[C@@H]1c1cc(C)on1. The summed E-state index contributed by atoms with van der Waals surface area (Å²) in [6.07, 6.45) is 3.95. The summed E-state index contributed by atoms with van der Waals surface area (Å²) in [7, 11) is 0. The van der Waals surface area contributed by atoms with Crippen molar-refractivity contribution in [1.82, 2.24) is 24.8 Å². The molecule has 0 amide bonds. The smallest absolute Gasteiger partial charge is 0.141 e. The van der Waals surface area contributed by atoms with Crippen LogP contribution < -0.4 is 0 Å². The maximum absolute atomic E-state index is 5.20. The maximum atomic E-state index is 5.20. The lowest BCUT2D eigenvalue weighted by molar-refractivity contribution is 0.227. The van der Waals surface area contributed by atoms with Gasteiger partial charge in [0.1, 0.15) is 23.6 Å². The van der Waals surface area contributed by atoms with Crippen molar-refractivity contribution in [2.75, 3.05) is 6.54 Å². The lowest BCUT2D eigenvalue weighted by Crippen LogP contribution is -2.25. The summed E-state index contributed by atoms with van der Waals surface area (Å²) in [4.78, 5) is 6.76. The number of hydrogen-bond donors (Lipinski definition) is 0. The molecule has 0 aliphatic carbocycles. The molecule has 2 aromatic rings. The Kier molecular flexibility index (Phi) is 3.33. The number of aromatic nitrogens is 4. The minimum absolute atomic E-state index is 0.347. The Balaban J connectivity index is 1.76. The molecular weight excluding hydrogens is 242 g/mol. The first kappa shape index (κ1) is 12.3. The first-order valence-corrected chi connectivity index (χ1v) is 6.82. The van der Waals surface area contributed by atoms with Crippen LogP contribution in [0.4, 0.5) is 0 Å². The van der Waals surface area contributed by atoms with Crippen LogP contribution in [-0.2, 0) is 13.1 Å². The molecule has 1 aliphatic heterocycles. The van der Waals surface area contributed by atoms with Crippen LogP contribution in [0.1, 0.15) is 43.1 Å². The summed E-state index contributed by atoms with van der Waals surface area (Å²) in [6, 6.07) is 2.38. The molecule has 1 saturated heterocycles. The quantitative estimate of drug-likeness (QED) is 0.841. The van der Waals surface area contributed by atoms with Crippen LogP contribution in [0.25, 0.3) is 0 Å². The molecule has 0 unspecified atom stereocenters. The van der Waals surface area contributed by atoms with Crippen molar-refractivity contribution in [2.24, 2.45) is 0 Å². The number of rotatable bonds is 4. The zero-order valence-corrected chi connectivity index (χ0v) is 11.4. The van der Waals surface area contributed by atoms with Crippen molar-refractivity contribution in [2.45, 2.75) is 45.8 Å². The molecule has 6 nitrogen and oxygen atoms in total. The zero-order valence-electron chi connectivity index (χ0n) is 11.4. The predicted octanol–water partition coefficient (Wildman–Crippen LogP) is 1.93. The van der Waals surface area contributed by atoms with Crippen molar-refractivity contribution in [3.05, 3.63) is 29.7 Å². The largest absolute Gasteiger partial charge is 0.361 e. The fourth-order valence-electron chi connectivity index (χ4n) is 2.75. The van der Waals surface area contributed by atoms with Crippen molar-refractivity contribution >= 4 is 0 Å². The molecular formula is C13H19N5O. The third-order valence-corrected chi connectivity index (χ3v) is 3.69. The highest BCUT2D eigenvalue weighted by atomic mass is 16.5. The Morgan fingerprint density at radius 1 is 1.47 bits per heavy atom. The van der Waals surface area contributed by atoms with Crippen LogP contribution in [0.5, 0.6) is 0 Å². The molecule has 102 valence electrons. The predicted molar refractivity (Wildman–Crippen MR) is 69.3 cm³/mol. The van der Waals surface area contributed by atoms with Gasteiger partial charge in [-0.2, -0.15) is 5.10 Å². The van der Waals surface area contributed by atoms with Crippen molar-refractivity contribution in [3.63, 3.8) is 0 Å². The molecule has 1 atom stereocenters. The second kappa shape index (κ2) is 5.13. The zero-order chi connectivity index (χ0) is 13.2. The van der Waals surface area contributed by atoms with E-state index in [1.54, 1.807) is 6.33 Å². The van der Waals surface area contributed by atoms with Gasteiger partial charge in [-0.3, -0.25) is 4.90 Å². The molecule has 3 rings (SSSR count). The minimum atomic E-state index is 0.347. The Hall–Kier alpha value is -1.69. The van der Waals surface area contributed by atoms with E-state index in [1.165, 1.54) is 6.42 Å². The van der Waals surface area contributed by atoms with E-state index in [0.717, 1.165) is 43.3 Å². The van der Waals surface area contributed by atoms with Crippen LogP contribution in [0.15, 0.2) is 16.9 Å². The van der Waals surface area contributed by atoms with Gasteiger partial charge in [0.15, 0.2) is 0 Å². The van der Waals surface area contributed by atoms with Crippen molar-refractivity contribution in [1.29, 1.82) is 0 Å². The number of hydrogen-bond acceptors (Lipinski definition) is 5. The van der Waals surface area contributed by atoms with Gasteiger partial charge in [-0.15, -0.1) is 0 Å². The van der Waals surface area contributed by atoms with Gasteiger partial charge in [0.25, 0.3) is 0 Å². The molecule has 1 fully saturated rings. The summed E-state index contributed by atoms with van der Waals surface area (Å²) in [5.41, 5.74) is 1.04. The molecule has 0 spiro atoms. The highest BCUT2D eigenvalue weighted by Gasteiger charge is 2.29. The lowest BCUT2D eigenvalue weighted by atomic mass is 10.1. The van der Waals surface area contributed by atoms with E-state index in [-0.39, 0.29) is 0 Å². The summed E-state index contributed by atoms with van der Waals surface area (Å²) >= 11 is 0. The highest BCUT2D eigenvalue weighted by Crippen LogP contribution is 2.32. The van der Waals surface area contributed by atoms with Crippen LogP contribution >= 0.6 is 0 Å². The van der Waals surface area contributed by atoms with Crippen LogP contribution in [0.3, 0.4) is 0 Å². The van der Waals surface area contributed by atoms with Gasteiger partial charge in [-0.25, -0.2) is 9.67 Å². The molecule has 1 aliphatic rings. The maximum Gasteiger partial charge on any atom is 0.141 e. The highest BCUT2D eigenvalue weighted by molar-refractivity contribution is 5.10. The van der Waals surface area contributed by atoms with E-state index in [9.17, 15) is 0 Å². The van der Waals surface area contributed by atoms with Crippen LogP contribution in [-0.4, -0.2) is 31.4 Å². The fourth-order valence-corrected chi connectivity index (χ4v) is 2.75. The third kappa shape index (κ3) is 2.40. The van der Waals surface area contributed by atoms with Gasteiger partial charge in [-0.1, -0.05) is 5.16 Å². The van der Waals surface area contributed by atoms with E-state index in [4.69, 9.17) is 4.52 Å². The molecule has 3 heterocycles. The monoisotopic (exact) mass is 261 g/mol. The Labute approximate surface area is 112 Å². The first-order chi connectivity index (χ1) is 9.28. The van der Waals surface area contributed by atoms with Gasteiger partial charge in [-0.05, 0) is 33.2 Å². The Bertz CT molecular complexity index is 547. The van der Waals surface area contributed by atoms with E-state index < -0.39 is 0 Å². The van der Waals surface area contributed by atoms with E-state index in [1.807, 2.05) is 17.7 Å². The second-order valence-electron chi connectivity index (χ2n) is 4.98. The van der Waals surface area contributed by atoms with E-state index in [0.29, 0.717) is 6.04 Å². The van der Waals surface area contributed by atoms with Crippen molar-refractivity contribution in [3.8, 4) is 0 Å². The number of likely N-dealkylation sites (tertiary alicyclic amines) is 1. The molecule has 0 radical (unpaired) electrons. The third-order valence-electron chi connectivity index (χ3n) is 3.69. The van der Waals surface area contributed by atoms with Crippen LogP contribution in [0, 0.1) is 6.92 Å². The standard InChI is InChI=1S/C13H19N5O/c1-3-18-13(14-9-15-18)8-17-6-4-5-12(17)11-7-10(2)19-16-11/h7,9,12H,3-6,8H2,1-2H3/t12-/m1/s1. The molecule has 0 bridgehead atoms. The second-order valence-corrected chi connectivity index (χ2v) is 4.98. The van der Waals surface area contributed by atoms with Crippen molar-refractivity contribution < 1.29 is 4.52 Å². The molecule has 0 aromatic carbocycles. The topological polar surface area (TPSA) is 60.0 Å². The lowest BCUT2D eigenvalue weighted by Gasteiger charge is -2.22.